The average Bonchev–Trinajstić information content (AvgIpc) is 2.97. The van der Waals surface area contributed by atoms with Crippen LogP contribution in [0.5, 0.6) is 0 Å². The van der Waals surface area contributed by atoms with Crippen LogP contribution in [0.25, 0.3) is 0 Å². The summed E-state index contributed by atoms with van der Waals surface area (Å²) in [5, 5.41) is 0. The smallest absolute Gasteiger partial charge is 0.231 e. The Hall–Kier alpha value is -1.64. The van der Waals surface area contributed by atoms with Crippen LogP contribution in [-0.4, -0.2) is 18.7 Å². The Morgan fingerprint density at radius 2 is 2.12 bits per heavy atom. The zero-order valence-electron chi connectivity index (χ0n) is 10.1. The molecule has 1 heterocycles. The topological polar surface area (TPSA) is 37.4 Å². The second kappa shape index (κ2) is 3.42. The fraction of sp³-hybridized carbons (Fsp3) is 0.429. The number of hydrogen-bond donors (Lipinski definition) is 0. The fourth-order valence-electron chi connectivity index (χ4n) is 2.52. The van der Waals surface area contributed by atoms with Crippen molar-refractivity contribution in [1.82, 2.24) is 0 Å². The van der Waals surface area contributed by atoms with Gasteiger partial charge in [-0.15, -0.1) is 0 Å². The zero-order chi connectivity index (χ0) is 12.2. The first-order valence-electron chi connectivity index (χ1n) is 6.01. The molecule has 2 unspecified atom stereocenters. The van der Waals surface area contributed by atoms with E-state index in [2.05, 4.69) is 6.92 Å². The summed E-state index contributed by atoms with van der Waals surface area (Å²) in [6.45, 7) is 2.10. The third kappa shape index (κ3) is 1.57. The lowest BCUT2D eigenvalue weighted by atomic mass is 10.0. The summed E-state index contributed by atoms with van der Waals surface area (Å²) in [7, 11) is 1.78. The quantitative estimate of drug-likeness (QED) is 0.728. The van der Waals surface area contributed by atoms with Gasteiger partial charge in [-0.3, -0.25) is 9.59 Å². The maximum absolute atomic E-state index is 12.1. The zero-order valence-corrected chi connectivity index (χ0v) is 10.1. The Labute approximate surface area is 100 Å². The molecule has 2 aliphatic rings. The summed E-state index contributed by atoms with van der Waals surface area (Å²) in [4.78, 5) is 25.3. The van der Waals surface area contributed by atoms with E-state index < -0.39 is 0 Å². The van der Waals surface area contributed by atoms with E-state index in [0.717, 1.165) is 23.2 Å². The molecule has 1 fully saturated rings. The second-order valence-corrected chi connectivity index (χ2v) is 5.16. The van der Waals surface area contributed by atoms with E-state index in [9.17, 15) is 9.59 Å². The number of fused-ring (bicyclic) bond motifs is 1. The highest BCUT2D eigenvalue weighted by Gasteiger charge is 2.39. The lowest BCUT2D eigenvalue weighted by Gasteiger charge is -2.10. The number of amides is 1. The summed E-state index contributed by atoms with van der Waals surface area (Å²) < 4.78 is 0. The number of hydrogen-bond acceptors (Lipinski definition) is 2. The van der Waals surface area contributed by atoms with Gasteiger partial charge in [0.1, 0.15) is 0 Å². The standard InChI is InChI=1S/C14H15NO2/c1-8-5-11(8)14(17)9-3-4-12-10(6-9)7-13(16)15(12)2/h3-4,6,8,11H,5,7H2,1-2H3. The number of rotatable bonds is 2. The number of ketones is 1. The summed E-state index contributed by atoms with van der Waals surface area (Å²) in [6.07, 6.45) is 1.43. The summed E-state index contributed by atoms with van der Waals surface area (Å²) in [5.74, 6) is 1.08. The molecule has 0 N–H and O–H groups in total. The van der Waals surface area contributed by atoms with E-state index in [-0.39, 0.29) is 17.6 Å². The van der Waals surface area contributed by atoms with Crippen LogP contribution in [0.1, 0.15) is 29.3 Å². The van der Waals surface area contributed by atoms with E-state index in [0.29, 0.717) is 12.3 Å². The Morgan fingerprint density at radius 1 is 1.41 bits per heavy atom. The predicted molar refractivity (Wildman–Crippen MR) is 65.2 cm³/mol. The predicted octanol–water partition coefficient (Wildman–Crippen LogP) is 2.04. The van der Waals surface area contributed by atoms with E-state index in [1.54, 1.807) is 11.9 Å². The fourth-order valence-corrected chi connectivity index (χ4v) is 2.52. The SMILES string of the molecule is CC1CC1C(=O)c1ccc2c(c1)CC(=O)N2C. The van der Waals surface area contributed by atoms with E-state index in [1.807, 2.05) is 18.2 Å². The van der Waals surface area contributed by atoms with Crippen molar-refractivity contribution >= 4 is 17.4 Å². The van der Waals surface area contributed by atoms with Gasteiger partial charge < -0.3 is 4.90 Å². The van der Waals surface area contributed by atoms with Crippen molar-refractivity contribution in [2.75, 3.05) is 11.9 Å². The van der Waals surface area contributed by atoms with Gasteiger partial charge in [0, 0.05) is 24.2 Å². The molecular weight excluding hydrogens is 214 g/mol. The first kappa shape index (κ1) is 10.5. The van der Waals surface area contributed by atoms with Crippen LogP contribution >= 0.6 is 0 Å². The second-order valence-electron chi connectivity index (χ2n) is 5.16. The van der Waals surface area contributed by atoms with Crippen LogP contribution in [0.4, 0.5) is 5.69 Å². The van der Waals surface area contributed by atoms with Gasteiger partial charge in [0.05, 0.1) is 6.42 Å². The van der Waals surface area contributed by atoms with Crippen LogP contribution in [0.2, 0.25) is 0 Å². The number of carbonyl (C=O) groups is 2. The average molecular weight is 229 g/mol. The maximum atomic E-state index is 12.1. The first-order valence-corrected chi connectivity index (χ1v) is 6.01. The minimum absolute atomic E-state index is 0.101. The lowest BCUT2D eigenvalue weighted by Crippen LogP contribution is -2.20. The van der Waals surface area contributed by atoms with Crippen LogP contribution in [0.3, 0.4) is 0 Å². The highest BCUT2D eigenvalue weighted by molar-refractivity contribution is 6.04. The molecular formula is C14H15NO2. The normalized spacial score (nSPS) is 26.0. The van der Waals surface area contributed by atoms with Gasteiger partial charge in [-0.25, -0.2) is 0 Å². The number of carbonyl (C=O) groups excluding carboxylic acids is 2. The Morgan fingerprint density at radius 3 is 2.76 bits per heavy atom. The van der Waals surface area contributed by atoms with Crippen LogP contribution < -0.4 is 4.90 Å². The van der Waals surface area contributed by atoms with E-state index in [4.69, 9.17) is 0 Å². The van der Waals surface area contributed by atoms with Crippen molar-refractivity contribution < 1.29 is 9.59 Å². The van der Waals surface area contributed by atoms with Gasteiger partial charge in [0.2, 0.25) is 5.91 Å². The minimum atomic E-state index is 0.101. The molecule has 3 rings (SSSR count). The Kier molecular flexibility index (Phi) is 2.12. The first-order chi connectivity index (χ1) is 8.08. The van der Waals surface area contributed by atoms with Gasteiger partial charge in [0.25, 0.3) is 0 Å². The van der Waals surface area contributed by atoms with Crippen molar-refractivity contribution in [3.8, 4) is 0 Å². The molecule has 2 atom stereocenters. The Bertz CT molecular complexity index is 521. The van der Waals surface area contributed by atoms with Gasteiger partial charge in [-0.05, 0) is 36.1 Å². The third-order valence-corrected chi connectivity index (χ3v) is 3.89. The summed E-state index contributed by atoms with van der Waals surface area (Å²) >= 11 is 0. The molecule has 0 radical (unpaired) electrons. The van der Waals surface area contributed by atoms with Crippen LogP contribution in [0, 0.1) is 11.8 Å². The molecule has 1 amide bonds. The maximum Gasteiger partial charge on any atom is 0.231 e. The highest BCUT2D eigenvalue weighted by Crippen LogP contribution is 2.41. The minimum Gasteiger partial charge on any atom is -0.315 e. The molecule has 0 aromatic heterocycles. The Balaban J connectivity index is 1.92. The van der Waals surface area contributed by atoms with Gasteiger partial charge >= 0.3 is 0 Å². The van der Waals surface area contributed by atoms with Crippen molar-refractivity contribution in [2.45, 2.75) is 19.8 Å². The molecule has 3 nitrogen and oxygen atoms in total. The third-order valence-electron chi connectivity index (χ3n) is 3.89. The molecule has 1 aliphatic carbocycles. The largest absolute Gasteiger partial charge is 0.315 e. The summed E-state index contributed by atoms with van der Waals surface area (Å²) in [5.41, 5.74) is 2.69. The molecule has 1 aromatic rings. The molecule has 17 heavy (non-hydrogen) atoms. The molecule has 88 valence electrons. The molecule has 1 saturated carbocycles. The number of anilines is 1. The van der Waals surface area contributed by atoms with Gasteiger partial charge in [0.15, 0.2) is 5.78 Å². The van der Waals surface area contributed by atoms with Crippen molar-refractivity contribution in [3.05, 3.63) is 29.3 Å². The molecule has 1 aliphatic heterocycles. The molecule has 1 aromatic carbocycles. The monoisotopic (exact) mass is 229 g/mol. The number of Topliss-reactive ketones (excluding diaryl/α,β-unsaturated/α-hetero) is 1. The highest BCUT2D eigenvalue weighted by atomic mass is 16.2. The van der Waals surface area contributed by atoms with Gasteiger partial charge in [-0.2, -0.15) is 0 Å². The number of benzene rings is 1. The van der Waals surface area contributed by atoms with Crippen LogP contribution in [0.15, 0.2) is 18.2 Å². The van der Waals surface area contributed by atoms with E-state index >= 15 is 0 Å². The van der Waals surface area contributed by atoms with Crippen molar-refractivity contribution in [3.63, 3.8) is 0 Å². The molecule has 0 spiro atoms. The lowest BCUT2D eigenvalue weighted by molar-refractivity contribution is -0.117. The summed E-state index contributed by atoms with van der Waals surface area (Å²) in [6, 6.07) is 5.63. The number of nitrogens with zero attached hydrogens (tertiary/aromatic N) is 1. The van der Waals surface area contributed by atoms with Crippen LogP contribution in [-0.2, 0) is 11.2 Å². The van der Waals surface area contributed by atoms with E-state index in [1.165, 1.54) is 0 Å². The molecule has 3 heteroatoms. The van der Waals surface area contributed by atoms with Gasteiger partial charge in [-0.1, -0.05) is 6.92 Å². The van der Waals surface area contributed by atoms with Crippen molar-refractivity contribution in [2.24, 2.45) is 11.8 Å². The molecule has 0 saturated heterocycles. The van der Waals surface area contributed by atoms with Crippen molar-refractivity contribution in [1.29, 1.82) is 0 Å². The number of likely N-dealkylation sites (N-methyl/N-ethyl adjacent to an activating group) is 1. The molecule has 0 bridgehead atoms.